The second kappa shape index (κ2) is 9.48. The summed E-state index contributed by atoms with van der Waals surface area (Å²) in [5.74, 6) is -0.271. The van der Waals surface area contributed by atoms with E-state index in [-0.39, 0.29) is 5.91 Å². The first-order valence-corrected chi connectivity index (χ1v) is 10.9. The number of rotatable bonds is 6. The van der Waals surface area contributed by atoms with Gasteiger partial charge in [0.2, 0.25) is 0 Å². The van der Waals surface area contributed by atoms with Crippen LogP contribution in [0.4, 0.5) is 4.79 Å². The number of thiophene rings is 1. The summed E-state index contributed by atoms with van der Waals surface area (Å²) in [7, 11) is 0. The summed E-state index contributed by atoms with van der Waals surface area (Å²) in [4.78, 5) is 24.7. The molecule has 0 saturated carbocycles. The molecule has 1 aromatic heterocycles. The predicted octanol–water partition coefficient (Wildman–Crippen LogP) is 5.84. The van der Waals surface area contributed by atoms with Crippen LogP contribution in [0, 0.1) is 5.41 Å². The lowest BCUT2D eigenvalue weighted by Crippen LogP contribution is -2.58. The largest absolute Gasteiger partial charge is 0.465 e. The van der Waals surface area contributed by atoms with Crippen molar-refractivity contribution < 1.29 is 14.7 Å². The van der Waals surface area contributed by atoms with Crippen LogP contribution in [-0.2, 0) is 6.42 Å². The molecule has 2 rings (SSSR count). The fourth-order valence-corrected chi connectivity index (χ4v) is 4.72. The lowest BCUT2D eigenvalue weighted by atomic mass is 9.80. The van der Waals surface area contributed by atoms with E-state index in [9.17, 15) is 14.7 Å². The predicted molar refractivity (Wildman–Crippen MR) is 118 cm³/mol. The van der Waals surface area contributed by atoms with Gasteiger partial charge in [0.05, 0.1) is 17.0 Å². The van der Waals surface area contributed by atoms with Crippen molar-refractivity contribution in [2.75, 3.05) is 0 Å². The van der Waals surface area contributed by atoms with E-state index >= 15 is 0 Å². The number of amides is 2. The Morgan fingerprint density at radius 1 is 1.21 bits per heavy atom. The minimum absolute atomic E-state index is 0.271. The molecule has 28 heavy (non-hydrogen) atoms. The molecular formula is C19H21BrCl2N2O3S. The molecule has 2 aromatic rings. The molecule has 152 valence electrons. The van der Waals surface area contributed by atoms with Crippen molar-refractivity contribution in [2.45, 2.75) is 39.3 Å². The van der Waals surface area contributed by atoms with E-state index in [0.29, 0.717) is 21.3 Å². The average Bonchev–Trinajstić information content (AvgIpc) is 3.00. The fourth-order valence-electron chi connectivity index (χ4n) is 2.90. The van der Waals surface area contributed by atoms with Gasteiger partial charge in [0.1, 0.15) is 0 Å². The van der Waals surface area contributed by atoms with E-state index < -0.39 is 23.6 Å². The third-order valence-corrected chi connectivity index (χ3v) is 6.45. The van der Waals surface area contributed by atoms with Crippen molar-refractivity contribution in [3.8, 4) is 0 Å². The molecule has 0 aliphatic carbocycles. The zero-order chi connectivity index (χ0) is 21.1. The van der Waals surface area contributed by atoms with Gasteiger partial charge in [0, 0.05) is 19.9 Å². The van der Waals surface area contributed by atoms with Gasteiger partial charge in [-0.3, -0.25) is 4.79 Å². The van der Waals surface area contributed by atoms with Gasteiger partial charge in [-0.15, -0.1) is 11.3 Å². The zero-order valence-electron chi connectivity index (χ0n) is 15.6. The van der Waals surface area contributed by atoms with Crippen LogP contribution in [0.2, 0.25) is 10.0 Å². The molecule has 2 amide bonds. The quantitative estimate of drug-likeness (QED) is 0.459. The summed E-state index contributed by atoms with van der Waals surface area (Å²) in [6.45, 7) is 5.74. The molecule has 0 aliphatic heterocycles. The maximum atomic E-state index is 12.8. The summed E-state index contributed by atoms with van der Waals surface area (Å²) in [5, 5.41) is 17.7. The average molecular weight is 508 g/mol. The maximum absolute atomic E-state index is 12.8. The summed E-state index contributed by atoms with van der Waals surface area (Å²) in [5.41, 5.74) is 0.316. The Labute approximate surface area is 186 Å². The van der Waals surface area contributed by atoms with Crippen LogP contribution in [0.15, 0.2) is 34.1 Å². The minimum Gasteiger partial charge on any atom is -0.465 e. The topological polar surface area (TPSA) is 78.4 Å². The van der Waals surface area contributed by atoms with Crippen molar-refractivity contribution in [3.05, 3.63) is 54.6 Å². The monoisotopic (exact) mass is 506 g/mol. The number of benzene rings is 1. The zero-order valence-corrected chi connectivity index (χ0v) is 19.5. The number of carboxylic acid groups (broad SMARTS) is 1. The second-order valence-electron chi connectivity index (χ2n) is 7.44. The molecule has 5 nitrogen and oxygen atoms in total. The first-order valence-electron chi connectivity index (χ1n) is 8.45. The highest BCUT2D eigenvalue weighted by Crippen LogP contribution is 2.28. The van der Waals surface area contributed by atoms with Crippen LogP contribution in [0.1, 0.15) is 36.0 Å². The third kappa shape index (κ3) is 6.37. The lowest BCUT2D eigenvalue weighted by molar-refractivity contribution is 0.0904. The van der Waals surface area contributed by atoms with E-state index in [2.05, 4.69) is 26.6 Å². The smallest absolute Gasteiger partial charge is 0.404 e. The molecule has 0 bridgehead atoms. The van der Waals surface area contributed by atoms with Gasteiger partial charge in [-0.25, -0.2) is 4.79 Å². The third-order valence-electron chi connectivity index (χ3n) is 4.18. The van der Waals surface area contributed by atoms with Gasteiger partial charge in [-0.2, -0.15) is 0 Å². The molecule has 0 aliphatic rings. The summed E-state index contributed by atoms with van der Waals surface area (Å²) in [6, 6.07) is 5.78. The van der Waals surface area contributed by atoms with Gasteiger partial charge >= 0.3 is 6.09 Å². The van der Waals surface area contributed by atoms with Crippen molar-refractivity contribution in [1.29, 1.82) is 0 Å². The van der Waals surface area contributed by atoms with Crippen molar-refractivity contribution >= 4 is 62.5 Å². The molecule has 0 spiro atoms. The van der Waals surface area contributed by atoms with Gasteiger partial charge in [-0.1, -0.05) is 50.0 Å². The fraction of sp³-hybridized carbons (Fsp3) is 0.368. The first-order chi connectivity index (χ1) is 13.0. The normalized spacial score (nSPS) is 13.6. The molecule has 2 atom stereocenters. The highest BCUT2D eigenvalue weighted by Gasteiger charge is 2.35. The maximum Gasteiger partial charge on any atom is 0.404 e. The Bertz CT molecular complexity index is 867. The van der Waals surface area contributed by atoms with Gasteiger partial charge in [-0.05, 0) is 51.5 Å². The van der Waals surface area contributed by atoms with Gasteiger partial charge in [0.15, 0.2) is 0 Å². The highest BCUT2D eigenvalue weighted by atomic mass is 79.9. The molecule has 1 aromatic carbocycles. The first kappa shape index (κ1) is 23.0. The van der Waals surface area contributed by atoms with Crippen LogP contribution in [0.25, 0.3) is 0 Å². The Morgan fingerprint density at radius 2 is 1.89 bits per heavy atom. The van der Waals surface area contributed by atoms with Crippen LogP contribution in [0.5, 0.6) is 0 Å². The van der Waals surface area contributed by atoms with Crippen molar-refractivity contribution in [1.82, 2.24) is 10.6 Å². The molecule has 0 radical (unpaired) electrons. The van der Waals surface area contributed by atoms with Gasteiger partial charge < -0.3 is 15.7 Å². The SMILES string of the molecule is CC(C)(C)[C@@H](NC(=O)O)[C@H](Cc1ccc(Cl)cc1Cl)NC(=O)c1cc(Br)cs1. The number of hydrogen-bond donors (Lipinski definition) is 3. The molecule has 0 saturated heterocycles. The molecule has 0 unspecified atom stereocenters. The number of carbonyl (C=O) groups is 2. The minimum atomic E-state index is -1.15. The Balaban J connectivity index is 2.37. The van der Waals surface area contributed by atoms with E-state index in [0.717, 1.165) is 10.0 Å². The summed E-state index contributed by atoms with van der Waals surface area (Å²) >= 11 is 16.9. The number of hydrogen-bond acceptors (Lipinski definition) is 3. The molecule has 9 heteroatoms. The molecule has 3 N–H and O–H groups in total. The number of halogens is 3. The molecule has 1 heterocycles. The van der Waals surface area contributed by atoms with Gasteiger partial charge in [0.25, 0.3) is 5.91 Å². The van der Waals surface area contributed by atoms with E-state index in [1.807, 2.05) is 26.2 Å². The molecular weight excluding hydrogens is 487 g/mol. The van der Waals surface area contributed by atoms with E-state index in [4.69, 9.17) is 23.2 Å². The number of nitrogens with one attached hydrogen (secondary N) is 2. The highest BCUT2D eigenvalue weighted by molar-refractivity contribution is 9.10. The Kier molecular flexibility index (Phi) is 7.79. The molecule has 0 fully saturated rings. The summed E-state index contributed by atoms with van der Waals surface area (Å²) < 4.78 is 0.816. The Hall–Kier alpha value is -1.28. The van der Waals surface area contributed by atoms with Crippen LogP contribution >= 0.6 is 50.5 Å². The number of carbonyl (C=O) groups excluding carboxylic acids is 1. The van der Waals surface area contributed by atoms with Crippen LogP contribution < -0.4 is 10.6 Å². The van der Waals surface area contributed by atoms with E-state index in [1.54, 1.807) is 24.3 Å². The summed E-state index contributed by atoms with van der Waals surface area (Å²) in [6.07, 6.45) is -0.809. The van der Waals surface area contributed by atoms with E-state index in [1.165, 1.54) is 11.3 Å². The van der Waals surface area contributed by atoms with Crippen molar-refractivity contribution in [3.63, 3.8) is 0 Å². The second-order valence-corrected chi connectivity index (χ2v) is 10.1. The van der Waals surface area contributed by atoms with Crippen LogP contribution in [-0.4, -0.2) is 29.2 Å². The van der Waals surface area contributed by atoms with Crippen LogP contribution in [0.3, 0.4) is 0 Å². The Morgan fingerprint density at radius 3 is 2.39 bits per heavy atom. The van der Waals surface area contributed by atoms with Crippen molar-refractivity contribution in [2.24, 2.45) is 5.41 Å². The lowest BCUT2D eigenvalue weighted by Gasteiger charge is -2.37. The standard InChI is InChI=1S/C19H21BrCl2N2O3S/c1-19(2,3)16(24-18(26)27)14(6-10-4-5-12(21)8-13(10)22)23-17(25)15-7-11(20)9-28-15/h4-5,7-9,14,16,24H,6H2,1-3H3,(H,23,25)(H,26,27)/t14-,16-/m0/s1.